The Morgan fingerprint density at radius 1 is 1.10 bits per heavy atom. The van der Waals surface area contributed by atoms with Gasteiger partial charge in [-0.2, -0.15) is 10.1 Å². The monoisotopic (exact) mass is 423 g/mol. The number of benzene rings is 1. The zero-order valence-electron chi connectivity index (χ0n) is 15.8. The highest BCUT2D eigenvalue weighted by atomic mass is 19.1. The molecule has 1 aromatic carbocycles. The van der Waals surface area contributed by atoms with Gasteiger partial charge in [0.15, 0.2) is 17.5 Å². The summed E-state index contributed by atoms with van der Waals surface area (Å²) in [5.41, 5.74) is 0.295. The second kappa shape index (κ2) is 7.81. The molecule has 30 heavy (non-hydrogen) atoms. The van der Waals surface area contributed by atoms with Gasteiger partial charge in [0.1, 0.15) is 17.7 Å². The van der Waals surface area contributed by atoms with E-state index in [2.05, 4.69) is 15.4 Å². The standard InChI is InChI=1S/C19H17F4N5O2/c1-24-17-14(22)7-15(23)18(26-17)30-13-8-27(9-13)19(29)28-16(2-3-25-28)10-4-11(20)6-12(21)5-10/h3-7,13,16H,2,8-9H2,1H3,(H,24,26)/t16-/m0/s1. The molecule has 0 unspecified atom stereocenters. The van der Waals surface area contributed by atoms with Gasteiger partial charge in [0, 0.05) is 31.8 Å². The Bertz CT molecular complexity index is 992. The molecule has 1 atom stereocenters. The first kappa shape index (κ1) is 19.9. The van der Waals surface area contributed by atoms with Crippen LogP contribution in [0.3, 0.4) is 0 Å². The summed E-state index contributed by atoms with van der Waals surface area (Å²) in [7, 11) is 1.44. The van der Waals surface area contributed by atoms with Gasteiger partial charge in [0.05, 0.1) is 19.1 Å². The number of nitrogens with zero attached hydrogens (tertiary/aromatic N) is 4. The van der Waals surface area contributed by atoms with Gasteiger partial charge in [-0.3, -0.25) is 0 Å². The van der Waals surface area contributed by atoms with Gasteiger partial charge in [0.2, 0.25) is 0 Å². The van der Waals surface area contributed by atoms with E-state index in [1.807, 2.05) is 0 Å². The maximum absolute atomic E-state index is 13.9. The van der Waals surface area contributed by atoms with Crippen molar-refractivity contribution in [3.8, 4) is 5.88 Å². The van der Waals surface area contributed by atoms with E-state index in [4.69, 9.17) is 4.74 Å². The number of ether oxygens (including phenoxy) is 1. The van der Waals surface area contributed by atoms with Crippen LogP contribution in [-0.4, -0.2) is 53.4 Å². The molecule has 0 aliphatic carbocycles. The SMILES string of the molecule is CNc1nc(OC2CN(C(=O)N3N=CC[C@H]3c3cc(F)cc(F)c3)C2)c(F)cc1F. The Labute approximate surface area is 168 Å². The molecule has 2 amide bonds. The molecular weight excluding hydrogens is 406 g/mol. The summed E-state index contributed by atoms with van der Waals surface area (Å²) in [6, 6.07) is 2.64. The van der Waals surface area contributed by atoms with Crippen molar-refractivity contribution in [3.63, 3.8) is 0 Å². The van der Waals surface area contributed by atoms with Gasteiger partial charge in [-0.25, -0.2) is 27.4 Å². The van der Waals surface area contributed by atoms with E-state index in [1.165, 1.54) is 18.2 Å². The molecule has 11 heteroatoms. The van der Waals surface area contributed by atoms with Crippen molar-refractivity contribution >= 4 is 18.1 Å². The Morgan fingerprint density at radius 3 is 2.47 bits per heavy atom. The van der Waals surface area contributed by atoms with E-state index in [-0.39, 0.29) is 24.8 Å². The molecule has 1 fully saturated rings. The Kier molecular flexibility index (Phi) is 5.18. The predicted molar refractivity (Wildman–Crippen MR) is 99.1 cm³/mol. The molecule has 2 aromatic rings. The lowest BCUT2D eigenvalue weighted by atomic mass is 10.0. The molecule has 0 saturated carbocycles. The maximum atomic E-state index is 13.9. The lowest BCUT2D eigenvalue weighted by Crippen LogP contribution is -2.59. The van der Waals surface area contributed by atoms with Gasteiger partial charge in [-0.1, -0.05) is 0 Å². The summed E-state index contributed by atoms with van der Waals surface area (Å²) in [5, 5.41) is 7.66. The zero-order chi connectivity index (χ0) is 21.4. The fraction of sp³-hybridized carbons (Fsp3) is 0.316. The fourth-order valence-electron chi connectivity index (χ4n) is 3.32. The number of hydrazone groups is 1. The van der Waals surface area contributed by atoms with Crippen molar-refractivity contribution in [1.29, 1.82) is 0 Å². The molecule has 3 heterocycles. The number of likely N-dealkylation sites (tertiary alicyclic amines) is 1. The van der Waals surface area contributed by atoms with Crippen LogP contribution in [0, 0.1) is 23.3 Å². The van der Waals surface area contributed by atoms with Gasteiger partial charge in [0.25, 0.3) is 5.88 Å². The van der Waals surface area contributed by atoms with Gasteiger partial charge >= 0.3 is 6.03 Å². The molecular formula is C19H17F4N5O2. The molecule has 7 nitrogen and oxygen atoms in total. The Hall–Kier alpha value is -3.37. The second-order valence-electron chi connectivity index (χ2n) is 6.88. The number of urea groups is 1. The molecule has 2 aliphatic heterocycles. The molecule has 0 radical (unpaired) electrons. The van der Waals surface area contributed by atoms with E-state index in [0.29, 0.717) is 18.1 Å². The third-order valence-corrected chi connectivity index (χ3v) is 4.83. The summed E-state index contributed by atoms with van der Waals surface area (Å²) in [6.45, 7) is 0.255. The van der Waals surface area contributed by atoms with Crippen molar-refractivity contribution in [2.45, 2.75) is 18.6 Å². The number of anilines is 1. The number of aromatic nitrogens is 1. The molecule has 4 rings (SSSR count). The molecule has 1 N–H and O–H groups in total. The average Bonchev–Trinajstić information content (AvgIpc) is 3.14. The van der Waals surface area contributed by atoms with E-state index in [0.717, 1.165) is 23.2 Å². The lowest BCUT2D eigenvalue weighted by Gasteiger charge is -2.40. The molecule has 1 saturated heterocycles. The number of carbonyl (C=O) groups excluding carboxylic acids is 1. The van der Waals surface area contributed by atoms with E-state index in [1.54, 1.807) is 0 Å². The number of hydrogen-bond acceptors (Lipinski definition) is 5. The highest BCUT2D eigenvalue weighted by molar-refractivity contribution is 5.79. The summed E-state index contributed by atoms with van der Waals surface area (Å²) >= 11 is 0. The number of amides is 2. The summed E-state index contributed by atoms with van der Waals surface area (Å²) in [5.74, 6) is -3.80. The third-order valence-electron chi connectivity index (χ3n) is 4.83. The smallest absolute Gasteiger partial charge is 0.341 e. The predicted octanol–water partition coefficient (Wildman–Crippen LogP) is 3.30. The Balaban J connectivity index is 1.40. The zero-order valence-corrected chi connectivity index (χ0v) is 15.8. The van der Waals surface area contributed by atoms with Crippen molar-refractivity contribution < 1.29 is 27.1 Å². The average molecular weight is 423 g/mol. The minimum absolute atomic E-state index is 0.127. The first-order chi connectivity index (χ1) is 14.4. The van der Waals surface area contributed by atoms with Crippen LogP contribution in [0.4, 0.5) is 28.2 Å². The van der Waals surface area contributed by atoms with Crippen LogP contribution in [0.25, 0.3) is 0 Å². The summed E-state index contributed by atoms with van der Waals surface area (Å²) in [6.07, 6.45) is 1.28. The van der Waals surface area contributed by atoms with Crippen molar-refractivity contribution in [1.82, 2.24) is 14.9 Å². The van der Waals surface area contributed by atoms with Crippen LogP contribution >= 0.6 is 0 Å². The molecule has 0 spiro atoms. The van der Waals surface area contributed by atoms with Crippen LogP contribution in [0.2, 0.25) is 0 Å². The van der Waals surface area contributed by atoms with Gasteiger partial charge in [-0.05, 0) is 17.7 Å². The highest BCUT2D eigenvalue weighted by Crippen LogP contribution is 2.32. The molecule has 2 aliphatic rings. The van der Waals surface area contributed by atoms with Crippen molar-refractivity contribution in [3.05, 3.63) is 53.1 Å². The molecule has 158 valence electrons. The van der Waals surface area contributed by atoms with Crippen molar-refractivity contribution in [2.75, 3.05) is 25.5 Å². The largest absolute Gasteiger partial charge is 0.468 e. The second-order valence-corrected chi connectivity index (χ2v) is 6.88. The quantitative estimate of drug-likeness (QED) is 0.767. The maximum Gasteiger partial charge on any atom is 0.341 e. The Morgan fingerprint density at radius 2 is 1.80 bits per heavy atom. The normalized spacial score (nSPS) is 18.5. The number of rotatable bonds is 4. The van der Waals surface area contributed by atoms with Crippen LogP contribution in [0.5, 0.6) is 5.88 Å². The number of pyridine rings is 1. The number of hydrogen-bond donors (Lipinski definition) is 1. The van der Waals surface area contributed by atoms with Crippen LogP contribution < -0.4 is 10.1 Å². The van der Waals surface area contributed by atoms with Crippen LogP contribution in [0.1, 0.15) is 18.0 Å². The van der Waals surface area contributed by atoms with E-state index in [9.17, 15) is 22.4 Å². The molecule has 1 aromatic heterocycles. The number of carbonyl (C=O) groups is 1. The number of nitrogens with one attached hydrogen (secondary N) is 1. The fourth-order valence-corrected chi connectivity index (χ4v) is 3.32. The van der Waals surface area contributed by atoms with Gasteiger partial charge < -0.3 is 15.0 Å². The number of halogens is 4. The van der Waals surface area contributed by atoms with E-state index < -0.39 is 41.4 Å². The minimum Gasteiger partial charge on any atom is -0.468 e. The summed E-state index contributed by atoms with van der Waals surface area (Å²) in [4.78, 5) is 17.9. The first-order valence-corrected chi connectivity index (χ1v) is 9.12. The van der Waals surface area contributed by atoms with E-state index >= 15 is 0 Å². The summed E-state index contributed by atoms with van der Waals surface area (Å²) < 4.78 is 59.9. The first-order valence-electron chi connectivity index (χ1n) is 9.12. The van der Waals surface area contributed by atoms with Gasteiger partial charge in [-0.15, -0.1) is 0 Å². The lowest BCUT2D eigenvalue weighted by molar-refractivity contribution is 0.0230. The van der Waals surface area contributed by atoms with Crippen molar-refractivity contribution in [2.24, 2.45) is 5.10 Å². The highest BCUT2D eigenvalue weighted by Gasteiger charge is 2.39. The topological polar surface area (TPSA) is 70.1 Å². The third kappa shape index (κ3) is 3.74. The molecule has 0 bridgehead atoms. The minimum atomic E-state index is -0.950. The van der Waals surface area contributed by atoms with Crippen LogP contribution in [0.15, 0.2) is 29.4 Å². The van der Waals surface area contributed by atoms with Crippen LogP contribution in [-0.2, 0) is 0 Å².